The first-order valence-electron chi connectivity index (χ1n) is 6.30. The molecule has 0 fully saturated rings. The lowest BCUT2D eigenvalue weighted by atomic mass is 10.2. The molecule has 1 aromatic rings. The van der Waals surface area contributed by atoms with Crippen molar-refractivity contribution in [3.8, 4) is 0 Å². The molecule has 0 spiro atoms. The zero-order chi connectivity index (χ0) is 16.2. The average Bonchev–Trinajstić information content (AvgIpc) is 2.37. The topological polar surface area (TPSA) is 58.4 Å². The molecule has 0 heterocycles. The summed E-state index contributed by atoms with van der Waals surface area (Å²) in [6.07, 6.45) is -4.39. The van der Waals surface area contributed by atoms with Crippen LogP contribution in [0.1, 0.15) is 13.8 Å². The van der Waals surface area contributed by atoms with E-state index in [1.165, 1.54) is 19.9 Å². The molecule has 1 atom stereocenters. The summed E-state index contributed by atoms with van der Waals surface area (Å²) in [5.74, 6) is -1.20. The van der Waals surface area contributed by atoms with Crippen LogP contribution in [0.5, 0.6) is 0 Å². The molecular weight excluding hydrogens is 290 g/mol. The Labute approximate surface area is 119 Å². The fourth-order valence-electron chi connectivity index (χ4n) is 1.80. The Kier molecular flexibility index (Phi) is 5.54. The number of hydrogen-bond acceptors (Lipinski definition) is 3. The SMILES string of the molecule is CCN(CC(F)(F)F)C(C)C(=O)Nc1ccc(F)cc1N. The van der Waals surface area contributed by atoms with E-state index in [1.54, 1.807) is 0 Å². The maximum absolute atomic E-state index is 12.9. The van der Waals surface area contributed by atoms with Crippen LogP contribution in [0.15, 0.2) is 18.2 Å². The molecule has 0 aliphatic heterocycles. The van der Waals surface area contributed by atoms with Crippen LogP contribution in [0.3, 0.4) is 0 Å². The summed E-state index contributed by atoms with van der Waals surface area (Å²) in [5, 5.41) is 2.40. The van der Waals surface area contributed by atoms with Crippen molar-refractivity contribution < 1.29 is 22.4 Å². The number of hydrogen-bond donors (Lipinski definition) is 2. The van der Waals surface area contributed by atoms with Crippen LogP contribution >= 0.6 is 0 Å². The van der Waals surface area contributed by atoms with Gasteiger partial charge in [-0.3, -0.25) is 9.69 Å². The highest BCUT2D eigenvalue weighted by atomic mass is 19.4. The van der Waals surface area contributed by atoms with Crippen molar-refractivity contribution in [3.63, 3.8) is 0 Å². The van der Waals surface area contributed by atoms with Gasteiger partial charge in [0.05, 0.1) is 24.0 Å². The van der Waals surface area contributed by atoms with Crippen molar-refractivity contribution in [2.24, 2.45) is 0 Å². The number of carbonyl (C=O) groups excluding carboxylic acids is 1. The van der Waals surface area contributed by atoms with E-state index in [2.05, 4.69) is 5.32 Å². The van der Waals surface area contributed by atoms with Gasteiger partial charge in [-0.1, -0.05) is 6.92 Å². The highest BCUT2D eigenvalue weighted by Crippen LogP contribution is 2.21. The van der Waals surface area contributed by atoms with Crippen LogP contribution in [0.2, 0.25) is 0 Å². The van der Waals surface area contributed by atoms with Gasteiger partial charge >= 0.3 is 6.18 Å². The van der Waals surface area contributed by atoms with Crippen LogP contribution in [0.4, 0.5) is 28.9 Å². The first kappa shape index (κ1) is 17.2. The van der Waals surface area contributed by atoms with E-state index >= 15 is 0 Å². The molecule has 1 aromatic carbocycles. The molecule has 1 unspecified atom stereocenters. The van der Waals surface area contributed by atoms with Crippen LogP contribution in [-0.2, 0) is 4.79 Å². The molecule has 3 N–H and O–H groups in total. The van der Waals surface area contributed by atoms with Crippen LogP contribution in [0.25, 0.3) is 0 Å². The molecular formula is C13H17F4N3O. The van der Waals surface area contributed by atoms with Crippen molar-refractivity contribution in [1.29, 1.82) is 0 Å². The third-order valence-electron chi connectivity index (χ3n) is 2.99. The fourth-order valence-corrected chi connectivity index (χ4v) is 1.80. The van der Waals surface area contributed by atoms with E-state index in [-0.39, 0.29) is 17.9 Å². The molecule has 1 amide bonds. The minimum Gasteiger partial charge on any atom is -0.397 e. The lowest BCUT2D eigenvalue weighted by molar-refractivity contribution is -0.152. The van der Waals surface area contributed by atoms with Crippen molar-refractivity contribution in [2.45, 2.75) is 26.1 Å². The summed E-state index contributed by atoms with van der Waals surface area (Å²) in [7, 11) is 0. The molecule has 0 aliphatic rings. The molecule has 0 bridgehead atoms. The van der Waals surface area contributed by atoms with E-state index < -0.39 is 30.5 Å². The summed E-state index contributed by atoms with van der Waals surface area (Å²) >= 11 is 0. The number of amides is 1. The second-order valence-electron chi connectivity index (χ2n) is 4.58. The Balaban J connectivity index is 2.77. The van der Waals surface area contributed by atoms with Gasteiger partial charge in [-0.05, 0) is 31.7 Å². The summed E-state index contributed by atoms with van der Waals surface area (Å²) in [5.41, 5.74) is 5.70. The molecule has 8 heteroatoms. The van der Waals surface area contributed by atoms with Crippen LogP contribution in [0, 0.1) is 5.82 Å². The Hall–Kier alpha value is -1.83. The number of rotatable bonds is 5. The summed E-state index contributed by atoms with van der Waals surface area (Å²) in [6.45, 7) is 1.77. The maximum atomic E-state index is 12.9. The molecule has 0 aromatic heterocycles. The zero-order valence-corrected chi connectivity index (χ0v) is 11.7. The van der Waals surface area contributed by atoms with Crippen molar-refractivity contribution in [2.75, 3.05) is 24.1 Å². The highest BCUT2D eigenvalue weighted by Gasteiger charge is 2.34. The second kappa shape index (κ2) is 6.75. The largest absolute Gasteiger partial charge is 0.401 e. The number of alkyl halides is 3. The predicted molar refractivity (Wildman–Crippen MR) is 72.2 cm³/mol. The monoisotopic (exact) mass is 307 g/mol. The van der Waals surface area contributed by atoms with E-state index in [4.69, 9.17) is 5.73 Å². The number of halogens is 4. The minimum atomic E-state index is -4.39. The third-order valence-corrected chi connectivity index (χ3v) is 2.99. The van der Waals surface area contributed by atoms with Gasteiger partial charge in [0.25, 0.3) is 0 Å². The van der Waals surface area contributed by atoms with Crippen molar-refractivity contribution in [1.82, 2.24) is 4.90 Å². The fraction of sp³-hybridized carbons (Fsp3) is 0.462. The van der Waals surface area contributed by atoms with Gasteiger partial charge in [-0.15, -0.1) is 0 Å². The van der Waals surface area contributed by atoms with Crippen LogP contribution < -0.4 is 11.1 Å². The molecule has 0 saturated heterocycles. The molecule has 118 valence electrons. The number of nitrogens with one attached hydrogen (secondary N) is 1. The number of carbonyl (C=O) groups is 1. The molecule has 0 radical (unpaired) electrons. The standard InChI is InChI=1S/C13H17F4N3O/c1-3-20(7-13(15,16)17)8(2)12(21)19-11-5-4-9(14)6-10(11)18/h4-6,8H,3,7,18H2,1-2H3,(H,19,21). The Morgan fingerprint density at radius 2 is 2.05 bits per heavy atom. The number of benzene rings is 1. The minimum absolute atomic E-state index is 0.00872. The predicted octanol–water partition coefficient (Wildman–Crippen LogP) is 2.62. The van der Waals surface area contributed by atoms with Crippen LogP contribution in [-0.4, -0.2) is 36.1 Å². The van der Waals surface area contributed by atoms with Crippen molar-refractivity contribution >= 4 is 17.3 Å². The van der Waals surface area contributed by atoms with Gasteiger partial charge in [0.15, 0.2) is 0 Å². The summed E-state index contributed by atoms with van der Waals surface area (Å²) in [4.78, 5) is 12.9. The smallest absolute Gasteiger partial charge is 0.397 e. The molecule has 21 heavy (non-hydrogen) atoms. The lowest BCUT2D eigenvalue weighted by Crippen LogP contribution is -2.46. The molecule has 4 nitrogen and oxygen atoms in total. The zero-order valence-electron chi connectivity index (χ0n) is 11.7. The summed E-state index contributed by atoms with van der Waals surface area (Å²) < 4.78 is 50.1. The van der Waals surface area contributed by atoms with Gasteiger partial charge in [0, 0.05) is 0 Å². The molecule has 0 aliphatic carbocycles. The molecule has 1 rings (SSSR count). The number of nitrogens with two attached hydrogens (primary N) is 1. The number of anilines is 2. The Bertz CT molecular complexity index is 505. The second-order valence-corrected chi connectivity index (χ2v) is 4.58. The van der Waals surface area contributed by atoms with Gasteiger partial charge < -0.3 is 11.1 Å². The first-order chi connectivity index (χ1) is 9.64. The number of nitrogen functional groups attached to an aromatic ring is 1. The maximum Gasteiger partial charge on any atom is 0.401 e. The average molecular weight is 307 g/mol. The lowest BCUT2D eigenvalue weighted by Gasteiger charge is -2.27. The number of likely N-dealkylation sites (N-methyl/N-ethyl adjacent to an activating group) is 1. The summed E-state index contributed by atoms with van der Waals surface area (Å²) in [6, 6.07) is 2.38. The Morgan fingerprint density at radius 1 is 1.43 bits per heavy atom. The number of nitrogens with zero attached hydrogens (tertiary/aromatic N) is 1. The quantitative estimate of drug-likeness (QED) is 0.649. The molecule has 0 saturated carbocycles. The van der Waals surface area contributed by atoms with Gasteiger partial charge in [-0.25, -0.2) is 4.39 Å². The van der Waals surface area contributed by atoms with Crippen molar-refractivity contribution in [3.05, 3.63) is 24.0 Å². The van der Waals surface area contributed by atoms with Gasteiger partial charge in [0.1, 0.15) is 5.82 Å². The van der Waals surface area contributed by atoms with E-state index in [0.29, 0.717) is 0 Å². The highest BCUT2D eigenvalue weighted by molar-refractivity contribution is 5.97. The van der Waals surface area contributed by atoms with Gasteiger partial charge in [0.2, 0.25) is 5.91 Å². The Morgan fingerprint density at radius 3 is 2.52 bits per heavy atom. The van der Waals surface area contributed by atoms with E-state index in [0.717, 1.165) is 17.0 Å². The van der Waals surface area contributed by atoms with E-state index in [9.17, 15) is 22.4 Å². The first-order valence-corrected chi connectivity index (χ1v) is 6.30. The normalized spacial score (nSPS) is 13.3. The van der Waals surface area contributed by atoms with E-state index in [1.807, 2.05) is 0 Å². The van der Waals surface area contributed by atoms with Gasteiger partial charge in [-0.2, -0.15) is 13.2 Å². The third kappa shape index (κ3) is 5.22.